The second-order valence-corrected chi connectivity index (χ2v) is 6.53. The number of nitrogens with zero attached hydrogens (tertiary/aromatic N) is 2. The van der Waals surface area contributed by atoms with Gasteiger partial charge in [0.25, 0.3) is 0 Å². The first kappa shape index (κ1) is 17.5. The average molecular weight is 358 g/mol. The van der Waals surface area contributed by atoms with Gasteiger partial charge in [-0.05, 0) is 29.7 Å². The number of carbonyl (C=O) groups is 1. The first-order chi connectivity index (χ1) is 12.1. The Hall–Kier alpha value is -2.37. The SMILES string of the molecule is O=C(O)/C=C/c1cnc(N[C@@H]2CCN(Cc3ccccc3)C2)c(Cl)c1. The van der Waals surface area contributed by atoms with Gasteiger partial charge in [0.2, 0.25) is 0 Å². The Balaban J connectivity index is 1.57. The lowest BCUT2D eigenvalue weighted by Crippen LogP contribution is -2.26. The first-order valence-corrected chi connectivity index (χ1v) is 8.57. The highest BCUT2D eigenvalue weighted by Crippen LogP contribution is 2.24. The van der Waals surface area contributed by atoms with Crippen molar-refractivity contribution in [2.24, 2.45) is 0 Å². The fraction of sp³-hybridized carbons (Fsp3) is 0.263. The molecule has 2 N–H and O–H groups in total. The Morgan fingerprint density at radius 2 is 2.20 bits per heavy atom. The summed E-state index contributed by atoms with van der Waals surface area (Å²) in [5, 5.41) is 12.5. The van der Waals surface area contributed by atoms with Crippen LogP contribution < -0.4 is 5.32 Å². The zero-order chi connectivity index (χ0) is 17.6. The maximum absolute atomic E-state index is 10.6. The smallest absolute Gasteiger partial charge is 0.328 e. The number of nitrogens with one attached hydrogen (secondary N) is 1. The highest BCUT2D eigenvalue weighted by molar-refractivity contribution is 6.33. The van der Waals surface area contributed by atoms with E-state index in [1.54, 1.807) is 12.3 Å². The summed E-state index contributed by atoms with van der Waals surface area (Å²) in [6.07, 6.45) is 5.19. The Labute approximate surface area is 152 Å². The Bertz CT molecular complexity index is 765. The van der Waals surface area contributed by atoms with Crippen LogP contribution in [-0.2, 0) is 11.3 Å². The molecule has 0 radical (unpaired) electrons. The van der Waals surface area contributed by atoms with Crippen LogP contribution in [0.4, 0.5) is 5.82 Å². The minimum atomic E-state index is -0.997. The van der Waals surface area contributed by atoms with Crippen LogP contribution in [0, 0.1) is 0 Å². The van der Waals surface area contributed by atoms with Crippen molar-refractivity contribution in [2.45, 2.75) is 19.0 Å². The molecule has 2 aromatic rings. The highest BCUT2D eigenvalue weighted by Gasteiger charge is 2.23. The highest BCUT2D eigenvalue weighted by atomic mass is 35.5. The number of pyridine rings is 1. The van der Waals surface area contributed by atoms with E-state index in [1.165, 1.54) is 11.6 Å². The third-order valence-electron chi connectivity index (χ3n) is 4.14. The van der Waals surface area contributed by atoms with E-state index in [1.807, 2.05) is 6.07 Å². The molecule has 6 heteroatoms. The minimum absolute atomic E-state index is 0.300. The Morgan fingerprint density at radius 3 is 2.92 bits per heavy atom. The molecule has 0 saturated carbocycles. The lowest BCUT2D eigenvalue weighted by molar-refractivity contribution is -0.131. The molecular formula is C19H20ClN3O2. The van der Waals surface area contributed by atoms with Crippen molar-refractivity contribution in [3.8, 4) is 0 Å². The van der Waals surface area contributed by atoms with Crippen molar-refractivity contribution in [2.75, 3.05) is 18.4 Å². The van der Waals surface area contributed by atoms with Crippen molar-refractivity contribution in [3.05, 3.63) is 64.8 Å². The zero-order valence-corrected chi connectivity index (χ0v) is 14.5. The molecule has 1 aliphatic rings. The maximum atomic E-state index is 10.6. The molecule has 0 aliphatic carbocycles. The fourth-order valence-electron chi connectivity index (χ4n) is 2.95. The number of benzene rings is 1. The average Bonchev–Trinajstić information content (AvgIpc) is 3.03. The lowest BCUT2D eigenvalue weighted by atomic mass is 10.2. The van der Waals surface area contributed by atoms with Crippen LogP contribution in [0.3, 0.4) is 0 Å². The summed E-state index contributed by atoms with van der Waals surface area (Å²) >= 11 is 6.27. The Morgan fingerprint density at radius 1 is 1.40 bits per heavy atom. The normalized spacial score (nSPS) is 17.9. The summed E-state index contributed by atoms with van der Waals surface area (Å²) in [4.78, 5) is 17.3. The van der Waals surface area contributed by atoms with Gasteiger partial charge in [0, 0.05) is 37.9 Å². The number of hydrogen-bond acceptors (Lipinski definition) is 4. The third-order valence-corrected chi connectivity index (χ3v) is 4.43. The van der Waals surface area contributed by atoms with Crippen LogP contribution >= 0.6 is 11.6 Å². The van der Waals surface area contributed by atoms with Gasteiger partial charge in [-0.15, -0.1) is 0 Å². The number of aromatic nitrogens is 1. The van der Waals surface area contributed by atoms with Gasteiger partial charge in [-0.2, -0.15) is 0 Å². The summed E-state index contributed by atoms with van der Waals surface area (Å²) in [6, 6.07) is 12.4. The van der Waals surface area contributed by atoms with E-state index < -0.39 is 5.97 Å². The van der Waals surface area contributed by atoms with Crippen molar-refractivity contribution < 1.29 is 9.90 Å². The number of likely N-dealkylation sites (tertiary alicyclic amines) is 1. The second-order valence-electron chi connectivity index (χ2n) is 6.12. The number of aliphatic carboxylic acids is 1. The van der Waals surface area contributed by atoms with E-state index in [0.29, 0.717) is 22.4 Å². The van der Waals surface area contributed by atoms with Gasteiger partial charge in [0.15, 0.2) is 0 Å². The van der Waals surface area contributed by atoms with Crippen molar-refractivity contribution in [3.63, 3.8) is 0 Å². The predicted octanol–water partition coefficient (Wildman–Crippen LogP) is 3.52. The van der Waals surface area contributed by atoms with E-state index in [4.69, 9.17) is 16.7 Å². The summed E-state index contributed by atoms with van der Waals surface area (Å²) in [6.45, 7) is 2.91. The third kappa shape index (κ3) is 5.05. The predicted molar refractivity (Wildman–Crippen MR) is 99.7 cm³/mol. The van der Waals surface area contributed by atoms with E-state index in [0.717, 1.165) is 32.1 Å². The number of hydrogen-bond donors (Lipinski definition) is 2. The molecule has 25 heavy (non-hydrogen) atoms. The molecule has 0 bridgehead atoms. The number of rotatable bonds is 6. The number of carboxylic acid groups (broad SMARTS) is 1. The van der Waals surface area contributed by atoms with E-state index in [9.17, 15) is 4.79 Å². The molecule has 1 aromatic carbocycles. The molecule has 5 nitrogen and oxygen atoms in total. The summed E-state index contributed by atoms with van der Waals surface area (Å²) in [7, 11) is 0. The van der Waals surface area contributed by atoms with Crippen molar-refractivity contribution >= 4 is 29.5 Å². The molecule has 130 valence electrons. The molecule has 3 rings (SSSR count). The summed E-state index contributed by atoms with van der Waals surface area (Å²) in [5.41, 5.74) is 1.98. The van der Waals surface area contributed by atoms with Crippen LogP contribution in [-0.4, -0.2) is 40.1 Å². The maximum Gasteiger partial charge on any atom is 0.328 e. The molecule has 0 amide bonds. The molecule has 1 atom stereocenters. The molecule has 1 fully saturated rings. The van der Waals surface area contributed by atoms with Crippen LogP contribution in [0.5, 0.6) is 0 Å². The van der Waals surface area contributed by atoms with E-state index in [-0.39, 0.29) is 0 Å². The van der Waals surface area contributed by atoms with Gasteiger partial charge >= 0.3 is 5.97 Å². The number of carboxylic acids is 1. The van der Waals surface area contributed by atoms with Gasteiger partial charge in [-0.1, -0.05) is 41.9 Å². The largest absolute Gasteiger partial charge is 0.478 e. The van der Waals surface area contributed by atoms with Crippen LogP contribution in [0.2, 0.25) is 5.02 Å². The van der Waals surface area contributed by atoms with Gasteiger partial charge in [-0.3, -0.25) is 4.90 Å². The quantitative estimate of drug-likeness (QED) is 0.774. The van der Waals surface area contributed by atoms with Crippen LogP contribution in [0.15, 0.2) is 48.7 Å². The van der Waals surface area contributed by atoms with E-state index in [2.05, 4.69) is 39.5 Å². The number of anilines is 1. The van der Waals surface area contributed by atoms with Gasteiger partial charge in [-0.25, -0.2) is 9.78 Å². The lowest BCUT2D eigenvalue weighted by Gasteiger charge is -2.17. The minimum Gasteiger partial charge on any atom is -0.478 e. The number of halogens is 1. The fourth-order valence-corrected chi connectivity index (χ4v) is 3.18. The van der Waals surface area contributed by atoms with Crippen molar-refractivity contribution in [1.82, 2.24) is 9.88 Å². The molecule has 2 heterocycles. The molecule has 0 unspecified atom stereocenters. The van der Waals surface area contributed by atoms with Gasteiger partial charge < -0.3 is 10.4 Å². The van der Waals surface area contributed by atoms with E-state index >= 15 is 0 Å². The molecular weight excluding hydrogens is 338 g/mol. The zero-order valence-electron chi connectivity index (χ0n) is 13.7. The summed E-state index contributed by atoms with van der Waals surface area (Å²) in [5.74, 6) is -0.358. The van der Waals surface area contributed by atoms with Crippen molar-refractivity contribution in [1.29, 1.82) is 0 Å². The molecule has 1 aliphatic heterocycles. The van der Waals surface area contributed by atoms with Gasteiger partial charge in [0.05, 0.1) is 5.02 Å². The van der Waals surface area contributed by atoms with Crippen LogP contribution in [0.1, 0.15) is 17.5 Å². The Kier molecular flexibility index (Phi) is 5.68. The molecule has 1 saturated heterocycles. The molecule has 1 aromatic heterocycles. The van der Waals surface area contributed by atoms with Gasteiger partial charge in [0.1, 0.15) is 5.82 Å². The summed E-state index contributed by atoms with van der Waals surface area (Å²) < 4.78 is 0. The monoisotopic (exact) mass is 357 g/mol. The van der Waals surface area contributed by atoms with Crippen LogP contribution in [0.25, 0.3) is 6.08 Å². The first-order valence-electron chi connectivity index (χ1n) is 8.19. The topological polar surface area (TPSA) is 65.5 Å². The molecule has 0 spiro atoms. The standard InChI is InChI=1S/C19H20ClN3O2/c20-17-10-15(6-7-18(24)25)11-21-19(17)22-16-8-9-23(13-16)12-14-4-2-1-3-5-14/h1-7,10-11,16H,8-9,12-13H2,(H,21,22)(H,24,25)/b7-6+/t16-/m1/s1. The second kappa shape index (κ2) is 8.14.